The van der Waals surface area contributed by atoms with E-state index in [2.05, 4.69) is 32.8 Å². The maximum absolute atomic E-state index is 12.2. The van der Waals surface area contributed by atoms with Crippen molar-refractivity contribution < 1.29 is 19.0 Å². The number of carbonyl (C=O) groups is 1. The second-order valence-electron chi connectivity index (χ2n) is 8.20. The number of pyridine rings is 1. The van der Waals surface area contributed by atoms with E-state index in [9.17, 15) is 4.79 Å². The molecule has 0 radical (unpaired) electrons. The lowest BCUT2D eigenvalue weighted by Crippen LogP contribution is -2.51. The van der Waals surface area contributed by atoms with E-state index in [0.717, 1.165) is 46.5 Å². The largest absolute Gasteiger partial charge is 0.464 e. The topological polar surface area (TPSA) is 89.6 Å². The number of aromatic nitrogens is 3. The maximum atomic E-state index is 12.2. The van der Waals surface area contributed by atoms with Crippen LogP contribution in [-0.2, 0) is 24.8 Å². The van der Waals surface area contributed by atoms with Crippen LogP contribution in [0.25, 0.3) is 11.0 Å². The third kappa shape index (κ3) is 6.77. The van der Waals surface area contributed by atoms with Gasteiger partial charge in [0, 0.05) is 49.3 Å². The molecule has 1 aliphatic rings. The van der Waals surface area contributed by atoms with Crippen molar-refractivity contribution in [1.82, 2.24) is 19.9 Å². The molecule has 35 heavy (non-hydrogen) atoms. The molecule has 1 fully saturated rings. The van der Waals surface area contributed by atoms with E-state index in [1.807, 2.05) is 42.2 Å². The Bertz CT molecular complexity index is 1090. The molecule has 1 aromatic carbocycles. The number of fused-ring (bicyclic) bond motifs is 1. The van der Waals surface area contributed by atoms with E-state index >= 15 is 0 Å². The van der Waals surface area contributed by atoms with Crippen LogP contribution in [0.3, 0.4) is 0 Å². The Labute approximate surface area is 214 Å². The smallest absolute Gasteiger partial charge is 0.338 e. The number of nitrogens with one attached hydrogen (secondary N) is 1. The van der Waals surface area contributed by atoms with Gasteiger partial charge in [0.1, 0.15) is 6.10 Å². The van der Waals surface area contributed by atoms with Gasteiger partial charge in [0.25, 0.3) is 0 Å². The average molecular weight is 517 g/mol. The van der Waals surface area contributed by atoms with Crippen molar-refractivity contribution in [2.24, 2.45) is 0 Å². The summed E-state index contributed by atoms with van der Waals surface area (Å²) in [5, 5.41) is 0.907. The van der Waals surface area contributed by atoms with Crippen molar-refractivity contribution in [3.05, 3.63) is 47.8 Å². The van der Waals surface area contributed by atoms with Crippen LogP contribution in [0, 0.1) is 6.92 Å². The second kappa shape index (κ2) is 12.7. The van der Waals surface area contributed by atoms with E-state index in [4.69, 9.17) is 14.2 Å². The van der Waals surface area contributed by atoms with Gasteiger partial charge in [-0.05, 0) is 37.6 Å². The lowest BCUT2D eigenvalue weighted by atomic mass is 10.1. The van der Waals surface area contributed by atoms with Gasteiger partial charge in [0.15, 0.2) is 11.3 Å². The van der Waals surface area contributed by atoms with Gasteiger partial charge in [-0.15, -0.1) is 11.8 Å². The fourth-order valence-corrected chi connectivity index (χ4v) is 5.99. The van der Waals surface area contributed by atoms with Crippen LogP contribution in [-0.4, -0.2) is 83.7 Å². The van der Waals surface area contributed by atoms with Crippen LogP contribution in [0.2, 0.25) is 0 Å². The summed E-state index contributed by atoms with van der Waals surface area (Å²) in [6.07, 6.45) is 0.874. The summed E-state index contributed by atoms with van der Waals surface area (Å²) in [6.45, 7) is 7.21. The highest BCUT2D eigenvalue weighted by Gasteiger charge is 2.34. The number of hydrogen-bond donors (Lipinski definition) is 1. The summed E-state index contributed by atoms with van der Waals surface area (Å²) in [5.41, 5.74) is 4.31. The van der Waals surface area contributed by atoms with E-state index in [1.54, 1.807) is 18.7 Å². The highest BCUT2D eigenvalue weighted by atomic mass is 32.2. The first-order chi connectivity index (χ1) is 17.1. The predicted octanol–water partition coefficient (Wildman–Crippen LogP) is 3.93. The van der Waals surface area contributed by atoms with Gasteiger partial charge in [-0.3, -0.25) is 9.88 Å². The fourth-order valence-electron chi connectivity index (χ4n) is 4.02. The van der Waals surface area contributed by atoms with E-state index < -0.39 is 6.10 Å². The lowest BCUT2D eigenvalue weighted by Gasteiger charge is -2.35. The molecule has 3 aromatic rings. The minimum Gasteiger partial charge on any atom is -0.464 e. The number of para-hydroxylation sites is 2. The maximum Gasteiger partial charge on any atom is 0.338 e. The highest BCUT2D eigenvalue weighted by Crippen LogP contribution is 2.28. The standard InChI is InChI=1S/C25H32N4O4S2/c1-4-32-24(30)23(31-3)21-15-29(11-13-33-21)12-14-34-22-9-10-26-20(17(22)2)16-35-25-27-18-7-5-6-8-19(18)28-25/h5-10,21,23H,4,11-16H2,1-3H3,(H,27,28). The number of rotatable bonds is 11. The van der Waals surface area contributed by atoms with Gasteiger partial charge >= 0.3 is 5.97 Å². The zero-order valence-corrected chi connectivity index (χ0v) is 22.0. The number of carbonyl (C=O) groups excluding carboxylic acids is 1. The number of esters is 1. The van der Waals surface area contributed by atoms with Gasteiger partial charge < -0.3 is 19.2 Å². The molecule has 1 N–H and O–H groups in total. The molecular formula is C25H32N4O4S2. The Morgan fingerprint density at radius 2 is 2.17 bits per heavy atom. The Kier molecular flexibility index (Phi) is 9.45. The molecule has 0 amide bonds. The number of methoxy groups -OCH3 is 1. The molecule has 4 rings (SSSR count). The van der Waals surface area contributed by atoms with Gasteiger partial charge in [-0.25, -0.2) is 9.78 Å². The molecule has 0 spiro atoms. The van der Waals surface area contributed by atoms with E-state index in [-0.39, 0.29) is 12.1 Å². The molecular weight excluding hydrogens is 484 g/mol. The first kappa shape index (κ1) is 26.0. The van der Waals surface area contributed by atoms with E-state index in [0.29, 0.717) is 19.8 Å². The third-order valence-electron chi connectivity index (χ3n) is 5.93. The lowest BCUT2D eigenvalue weighted by molar-refractivity contribution is -0.170. The summed E-state index contributed by atoms with van der Waals surface area (Å²) >= 11 is 3.50. The van der Waals surface area contributed by atoms with Crippen LogP contribution < -0.4 is 0 Å². The molecule has 0 bridgehead atoms. The Balaban J connectivity index is 1.29. The number of aromatic amines is 1. The van der Waals surface area contributed by atoms with Crippen molar-refractivity contribution >= 4 is 40.5 Å². The van der Waals surface area contributed by atoms with Crippen molar-refractivity contribution in [2.45, 2.75) is 41.9 Å². The molecule has 2 aromatic heterocycles. The van der Waals surface area contributed by atoms with Crippen LogP contribution in [0.4, 0.5) is 0 Å². The van der Waals surface area contributed by atoms with Crippen molar-refractivity contribution in [1.29, 1.82) is 0 Å². The first-order valence-electron chi connectivity index (χ1n) is 11.8. The number of morpholine rings is 1. The molecule has 1 aliphatic heterocycles. The van der Waals surface area contributed by atoms with Gasteiger partial charge in [0.2, 0.25) is 0 Å². The van der Waals surface area contributed by atoms with Crippen LogP contribution in [0.15, 0.2) is 46.6 Å². The number of thioether (sulfide) groups is 2. The Morgan fingerprint density at radius 3 is 2.97 bits per heavy atom. The van der Waals surface area contributed by atoms with Crippen molar-refractivity contribution in [3.8, 4) is 0 Å². The minimum absolute atomic E-state index is 0.317. The van der Waals surface area contributed by atoms with Crippen LogP contribution in [0.1, 0.15) is 18.2 Å². The summed E-state index contributed by atoms with van der Waals surface area (Å²) in [5.74, 6) is 1.33. The number of ether oxygens (including phenoxy) is 3. The normalized spacial score (nSPS) is 17.5. The first-order valence-corrected chi connectivity index (χ1v) is 13.7. The number of benzene rings is 1. The molecule has 3 heterocycles. The molecule has 0 aliphatic carbocycles. The van der Waals surface area contributed by atoms with Gasteiger partial charge in [-0.1, -0.05) is 23.9 Å². The molecule has 10 heteroatoms. The summed E-state index contributed by atoms with van der Waals surface area (Å²) in [6, 6.07) is 10.1. The second-order valence-corrected chi connectivity index (χ2v) is 10.3. The summed E-state index contributed by atoms with van der Waals surface area (Å²) in [7, 11) is 1.52. The van der Waals surface area contributed by atoms with Crippen molar-refractivity contribution in [2.75, 3.05) is 45.7 Å². The van der Waals surface area contributed by atoms with Crippen LogP contribution >= 0.6 is 23.5 Å². The van der Waals surface area contributed by atoms with Gasteiger partial charge in [-0.2, -0.15) is 0 Å². The Hall–Kier alpha value is -2.11. The van der Waals surface area contributed by atoms with E-state index in [1.165, 1.54) is 17.6 Å². The number of hydrogen-bond acceptors (Lipinski definition) is 9. The zero-order chi connectivity index (χ0) is 24.6. The number of imidazole rings is 1. The Morgan fingerprint density at radius 1 is 1.31 bits per heavy atom. The molecule has 1 saturated heterocycles. The monoisotopic (exact) mass is 516 g/mol. The summed E-state index contributed by atoms with van der Waals surface area (Å²) in [4.78, 5) is 28.4. The molecule has 0 saturated carbocycles. The number of nitrogens with zero attached hydrogens (tertiary/aromatic N) is 3. The molecule has 8 nitrogen and oxygen atoms in total. The zero-order valence-electron chi connectivity index (χ0n) is 20.4. The molecule has 188 valence electrons. The highest BCUT2D eigenvalue weighted by molar-refractivity contribution is 7.99. The van der Waals surface area contributed by atoms with Crippen LogP contribution in [0.5, 0.6) is 0 Å². The molecule has 2 atom stereocenters. The summed E-state index contributed by atoms with van der Waals surface area (Å²) < 4.78 is 16.3. The fraction of sp³-hybridized carbons (Fsp3) is 0.480. The quantitative estimate of drug-likeness (QED) is 0.301. The predicted molar refractivity (Wildman–Crippen MR) is 139 cm³/mol. The minimum atomic E-state index is -0.695. The van der Waals surface area contributed by atoms with Crippen molar-refractivity contribution in [3.63, 3.8) is 0 Å². The van der Waals surface area contributed by atoms with Gasteiger partial charge in [0.05, 0.1) is 29.9 Å². The molecule has 2 unspecified atom stereocenters. The average Bonchev–Trinajstić information content (AvgIpc) is 3.28. The number of H-pyrrole nitrogens is 1. The third-order valence-corrected chi connectivity index (χ3v) is 7.95. The SMILES string of the molecule is CCOC(=O)C(OC)C1CN(CCSc2ccnc(CSc3nc4ccccc4[nH]3)c2C)CCO1.